The van der Waals surface area contributed by atoms with Gasteiger partial charge in [0.05, 0.1) is 18.8 Å². The van der Waals surface area contributed by atoms with Crippen molar-refractivity contribution in [3.8, 4) is 0 Å². The minimum atomic E-state index is -1.39. The number of nitrogens with zero attached hydrogens (tertiary/aromatic N) is 1. The summed E-state index contributed by atoms with van der Waals surface area (Å²) in [6, 6.07) is -4.84. The van der Waals surface area contributed by atoms with E-state index in [4.69, 9.17) is 16.6 Å². The molecule has 1 aromatic heterocycles. The Bertz CT molecular complexity index is 878. The van der Waals surface area contributed by atoms with Crippen LogP contribution < -0.4 is 27.4 Å². The molecule has 0 fully saturated rings. The molecular formula is C22H37N7O7. The minimum absolute atomic E-state index is 0.0386. The number of rotatable bonds is 17. The molecule has 0 saturated heterocycles. The molecule has 0 aliphatic heterocycles. The van der Waals surface area contributed by atoms with E-state index in [9.17, 15) is 29.1 Å². The molecular weight excluding hydrogens is 474 g/mol. The number of unbranched alkanes of at least 4 members (excludes halogenated alkanes) is 1. The molecule has 0 aliphatic rings. The fraction of sp³-hybridized carbons (Fsp3) is 0.636. The number of carbonyl (C=O) groups excluding carboxylic acids is 3. The average Bonchev–Trinajstić information content (AvgIpc) is 3.33. The normalized spacial score (nSPS) is 15.1. The average molecular weight is 512 g/mol. The highest BCUT2D eigenvalue weighted by Gasteiger charge is 2.33. The van der Waals surface area contributed by atoms with Crippen LogP contribution in [0.15, 0.2) is 12.5 Å². The molecule has 14 nitrogen and oxygen atoms in total. The van der Waals surface area contributed by atoms with E-state index in [1.165, 1.54) is 12.5 Å². The molecule has 3 amide bonds. The molecule has 1 aromatic rings. The fourth-order valence-corrected chi connectivity index (χ4v) is 3.35. The van der Waals surface area contributed by atoms with Crippen molar-refractivity contribution in [3.05, 3.63) is 18.2 Å². The standard InChI is InChI=1S/C22H37N7O7/c1-3-12(2)18(21(34)27-15(22(35)36)6-4-5-7-23)29-20(33)16(8-13-10-25-11-26-13)28-19(32)14(24)9-17(30)31/h10-12,14-16,18H,3-9,23-24H2,1-2H3,(H,25,26)(H,27,34)(H,28,32)(H,29,33)(H,30,31)(H,35,36). The predicted molar refractivity (Wildman–Crippen MR) is 128 cm³/mol. The molecule has 0 aromatic carbocycles. The molecule has 5 unspecified atom stereocenters. The Morgan fingerprint density at radius 2 is 1.69 bits per heavy atom. The molecule has 5 atom stereocenters. The summed E-state index contributed by atoms with van der Waals surface area (Å²) in [4.78, 5) is 67.8. The number of H-pyrrole nitrogens is 1. The van der Waals surface area contributed by atoms with Gasteiger partial charge in [0.1, 0.15) is 18.1 Å². The maximum Gasteiger partial charge on any atom is 0.326 e. The Hall–Kier alpha value is -3.52. The highest BCUT2D eigenvalue weighted by atomic mass is 16.4. The number of hydrogen-bond donors (Lipinski definition) is 8. The molecule has 0 spiro atoms. The van der Waals surface area contributed by atoms with Gasteiger partial charge in [-0.1, -0.05) is 20.3 Å². The van der Waals surface area contributed by atoms with Crippen LogP contribution in [0.5, 0.6) is 0 Å². The fourth-order valence-electron chi connectivity index (χ4n) is 3.35. The molecule has 10 N–H and O–H groups in total. The Labute approximate surface area is 209 Å². The van der Waals surface area contributed by atoms with Crippen LogP contribution in [0.2, 0.25) is 0 Å². The van der Waals surface area contributed by atoms with Crippen molar-refractivity contribution in [2.75, 3.05) is 6.54 Å². The zero-order valence-corrected chi connectivity index (χ0v) is 20.5. The van der Waals surface area contributed by atoms with Gasteiger partial charge >= 0.3 is 11.9 Å². The first-order valence-electron chi connectivity index (χ1n) is 11.8. The number of hydrogen-bond acceptors (Lipinski definition) is 8. The molecule has 0 aliphatic carbocycles. The highest BCUT2D eigenvalue weighted by molar-refractivity contribution is 5.95. The van der Waals surface area contributed by atoms with Crippen LogP contribution in [0.1, 0.15) is 51.6 Å². The smallest absolute Gasteiger partial charge is 0.326 e. The van der Waals surface area contributed by atoms with Crippen molar-refractivity contribution in [2.45, 2.75) is 76.5 Å². The summed E-state index contributed by atoms with van der Waals surface area (Å²) in [6.07, 6.45) is 3.93. The summed E-state index contributed by atoms with van der Waals surface area (Å²) >= 11 is 0. The van der Waals surface area contributed by atoms with Crippen molar-refractivity contribution >= 4 is 29.7 Å². The predicted octanol–water partition coefficient (Wildman–Crippen LogP) is -1.53. The maximum absolute atomic E-state index is 13.2. The number of amides is 3. The monoisotopic (exact) mass is 511 g/mol. The lowest BCUT2D eigenvalue weighted by Gasteiger charge is -2.28. The van der Waals surface area contributed by atoms with Gasteiger partial charge < -0.3 is 42.6 Å². The SMILES string of the molecule is CCC(C)C(NC(=O)C(Cc1cnc[nH]1)NC(=O)C(N)CC(=O)O)C(=O)NC(CCCCN)C(=O)O. The van der Waals surface area contributed by atoms with Crippen LogP contribution in [0.25, 0.3) is 0 Å². The zero-order valence-electron chi connectivity index (χ0n) is 20.5. The molecule has 36 heavy (non-hydrogen) atoms. The molecule has 14 heteroatoms. The van der Waals surface area contributed by atoms with Gasteiger partial charge in [-0.05, 0) is 31.7 Å². The first kappa shape index (κ1) is 30.5. The van der Waals surface area contributed by atoms with E-state index in [0.29, 0.717) is 31.5 Å². The van der Waals surface area contributed by atoms with Gasteiger partial charge in [-0.2, -0.15) is 0 Å². The second-order valence-corrected chi connectivity index (χ2v) is 8.60. The molecule has 1 heterocycles. The Morgan fingerprint density at radius 3 is 2.22 bits per heavy atom. The van der Waals surface area contributed by atoms with Gasteiger partial charge in [0.15, 0.2) is 0 Å². The largest absolute Gasteiger partial charge is 0.481 e. The summed E-state index contributed by atoms with van der Waals surface area (Å²) in [6.45, 7) is 3.92. The first-order valence-corrected chi connectivity index (χ1v) is 11.8. The summed E-state index contributed by atoms with van der Waals surface area (Å²) in [7, 11) is 0. The van der Waals surface area contributed by atoms with E-state index >= 15 is 0 Å². The van der Waals surface area contributed by atoms with Crippen LogP contribution in [0.4, 0.5) is 0 Å². The third-order valence-electron chi connectivity index (χ3n) is 5.70. The first-order chi connectivity index (χ1) is 17.0. The Kier molecular flexibility index (Phi) is 13.1. The number of aliphatic carboxylic acids is 2. The summed E-state index contributed by atoms with van der Waals surface area (Å²) in [5, 5.41) is 25.9. The van der Waals surface area contributed by atoms with Crippen LogP contribution in [0, 0.1) is 5.92 Å². The summed E-state index contributed by atoms with van der Waals surface area (Å²) < 4.78 is 0. The molecule has 0 bridgehead atoms. The lowest BCUT2D eigenvalue weighted by atomic mass is 9.96. The number of nitrogens with one attached hydrogen (secondary N) is 4. The van der Waals surface area contributed by atoms with Gasteiger partial charge in [0, 0.05) is 18.3 Å². The van der Waals surface area contributed by atoms with Crippen molar-refractivity contribution in [3.63, 3.8) is 0 Å². The molecule has 0 saturated carbocycles. The molecule has 0 radical (unpaired) electrons. The topological polar surface area (TPSA) is 243 Å². The number of carboxylic acid groups (broad SMARTS) is 2. The Morgan fingerprint density at radius 1 is 1.03 bits per heavy atom. The summed E-state index contributed by atoms with van der Waals surface area (Å²) in [5.41, 5.74) is 11.6. The number of carbonyl (C=O) groups is 5. The van der Waals surface area contributed by atoms with Gasteiger partial charge in [-0.25, -0.2) is 9.78 Å². The summed E-state index contributed by atoms with van der Waals surface area (Å²) in [5.74, 6) is -5.10. The van der Waals surface area contributed by atoms with E-state index in [1.54, 1.807) is 6.92 Å². The van der Waals surface area contributed by atoms with Crippen molar-refractivity contribution in [1.29, 1.82) is 0 Å². The lowest BCUT2D eigenvalue weighted by Crippen LogP contribution is -2.59. The van der Waals surface area contributed by atoms with Crippen molar-refractivity contribution < 1.29 is 34.2 Å². The van der Waals surface area contributed by atoms with Crippen LogP contribution in [-0.2, 0) is 30.4 Å². The zero-order chi connectivity index (χ0) is 27.3. The highest BCUT2D eigenvalue weighted by Crippen LogP contribution is 2.11. The van der Waals surface area contributed by atoms with E-state index in [1.807, 2.05) is 6.92 Å². The van der Waals surface area contributed by atoms with Crippen molar-refractivity contribution in [1.82, 2.24) is 25.9 Å². The van der Waals surface area contributed by atoms with Crippen molar-refractivity contribution in [2.24, 2.45) is 17.4 Å². The second-order valence-electron chi connectivity index (χ2n) is 8.60. The number of imidazole rings is 1. The second kappa shape index (κ2) is 15.5. The van der Waals surface area contributed by atoms with Crippen LogP contribution in [-0.4, -0.2) is 80.6 Å². The molecule has 1 rings (SSSR count). The number of aromatic nitrogens is 2. The number of aromatic amines is 1. The van der Waals surface area contributed by atoms with Crippen LogP contribution in [0.3, 0.4) is 0 Å². The van der Waals surface area contributed by atoms with E-state index in [2.05, 4.69) is 25.9 Å². The Balaban J connectivity index is 3.04. The molecule has 202 valence electrons. The third-order valence-corrected chi connectivity index (χ3v) is 5.70. The van der Waals surface area contributed by atoms with Gasteiger partial charge in [-0.15, -0.1) is 0 Å². The maximum atomic E-state index is 13.2. The van der Waals surface area contributed by atoms with E-state index < -0.39 is 60.2 Å². The van der Waals surface area contributed by atoms with E-state index in [-0.39, 0.29) is 18.8 Å². The van der Waals surface area contributed by atoms with Crippen LogP contribution >= 0.6 is 0 Å². The van der Waals surface area contributed by atoms with Gasteiger partial charge in [-0.3, -0.25) is 19.2 Å². The van der Waals surface area contributed by atoms with Gasteiger partial charge in [0.25, 0.3) is 0 Å². The third kappa shape index (κ3) is 10.4. The number of nitrogens with two attached hydrogens (primary N) is 2. The quantitative estimate of drug-likeness (QED) is 0.112. The van der Waals surface area contributed by atoms with Gasteiger partial charge in [0.2, 0.25) is 17.7 Å². The van der Waals surface area contributed by atoms with E-state index in [0.717, 1.165) is 0 Å². The number of carboxylic acids is 2. The minimum Gasteiger partial charge on any atom is -0.481 e. The lowest BCUT2D eigenvalue weighted by molar-refractivity contribution is -0.143.